The second kappa shape index (κ2) is 9.14. The minimum atomic E-state index is -1.19. The maximum Gasteiger partial charge on any atom is 0.407 e. The van der Waals surface area contributed by atoms with Gasteiger partial charge in [0.05, 0.1) is 6.54 Å². The quantitative estimate of drug-likeness (QED) is 0.689. The maximum atomic E-state index is 12.4. The number of carboxylic acid groups (broad SMARTS) is 1. The molecule has 3 rings (SSSR count). The van der Waals surface area contributed by atoms with Gasteiger partial charge in [0.25, 0.3) is 0 Å². The number of hydrogen-bond acceptors (Lipinski definition) is 4. The third-order valence-corrected chi connectivity index (χ3v) is 4.97. The molecule has 1 atom stereocenters. The van der Waals surface area contributed by atoms with Gasteiger partial charge in [0.1, 0.15) is 19.2 Å². The summed E-state index contributed by atoms with van der Waals surface area (Å²) < 4.78 is 5.40. The molecule has 1 aliphatic carbocycles. The zero-order valence-corrected chi connectivity index (χ0v) is 16.5. The number of carbonyl (C=O) groups is 3. The minimum Gasteiger partial charge on any atom is -0.480 e. The third-order valence-electron chi connectivity index (χ3n) is 4.97. The molecule has 2 aromatic rings. The van der Waals surface area contributed by atoms with Crippen molar-refractivity contribution in [1.29, 1.82) is 0 Å². The Morgan fingerprint density at radius 1 is 1.13 bits per heavy atom. The molecule has 0 radical (unpaired) electrons. The summed E-state index contributed by atoms with van der Waals surface area (Å²) in [4.78, 5) is 36.6. The number of terminal acetylenes is 1. The predicted molar refractivity (Wildman–Crippen MR) is 111 cm³/mol. The smallest absolute Gasteiger partial charge is 0.407 e. The van der Waals surface area contributed by atoms with E-state index in [1.165, 1.54) is 6.92 Å². The molecule has 1 aliphatic rings. The number of carbonyl (C=O) groups excluding carboxylic acids is 2. The average Bonchev–Trinajstić information content (AvgIpc) is 3.05. The molecule has 30 heavy (non-hydrogen) atoms. The first-order chi connectivity index (χ1) is 14.4. The van der Waals surface area contributed by atoms with Crippen molar-refractivity contribution >= 4 is 18.0 Å². The van der Waals surface area contributed by atoms with Crippen LogP contribution in [0.15, 0.2) is 48.5 Å². The SMILES string of the molecule is C#CCN(CC(=O)O)C(=O)[C@@H](C)NC(=O)OCC1c2ccccc2-c2ccccc21. The first-order valence-corrected chi connectivity index (χ1v) is 9.48. The van der Waals surface area contributed by atoms with Gasteiger partial charge in [0, 0.05) is 5.92 Å². The lowest BCUT2D eigenvalue weighted by molar-refractivity contribution is -0.144. The van der Waals surface area contributed by atoms with Crippen LogP contribution in [0, 0.1) is 12.3 Å². The van der Waals surface area contributed by atoms with Crippen LogP contribution in [-0.4, -0.2) is 53.7 Å². The van der Waals surface area contributed by atoms with Gasteiger partial charge in [-0.15, -0.1) is 6.42 Å². The molecule has 0 aliphatic heterocycles. The molecule has 2 amide bonds. The van der Waals surface area contributed by atoms with Gasteiger partial charge < -0.3 is 20.1 Å². The van der Waals surface area contributed by atoms with E-state index in [2.05, 4.69) is 11.2 Å². The fourth-order valence-corrected chi connectivity index (χ4v) is 3.64. The summed E-state index contributed by atoms with van der Waals surface area (Å²) in [6.45, 7) is 0.862. The van der Waals surface area contributed by atoms with Gasteiger partial charge in [-0.1, -0.05) is 54.5 Å². The lowest BCUT2D eigenvalue weighted by atomic mass is 9.98. The molecule has 0 saturated carbocycles. The van der Waals surface area contributed by atoms with Gasteiger partial charge in [-0.05, 0) is 29.2 Å². The standard InChI is InChI=1S/C23H22N2O5/c1-3-12-25(13-21(26)27)22(28)15(2)24-23(29)30-14-20-18-10-6-4-8-16(18)17-9-5-7-11-19(17)20/h1,4-11,15,20H,12-14H2,2H3,(H,24,29)(H,26,27)/t15-/m1/s1. The van der Waals surface area contributed by atoms with Crippen LogP contribution in [0.2, 0.25) is 0 Å². The number of aliphatic carboxylic acids is 1. The first kappa shape index (κ1) is 20.9. The monoisotopic (exact) mass is 406 g/mol. The van der Waals surface area contributed by atoms with E-state index in [1.807, 2.05) is 48.5 Å². The lowest BCUT2D eigenvalue weighted by Crippen LogP contribution is -2.48. The van der Waals surface area contributed by atoms with Gasteiger partial charge >= 0.3 is 12.1 Å². The number of benzene rings is 2. The molecule has 0 unspecified atom stereocenters. The van der Waals surface area contributed by atoms with Crippen molar-refractivity contribution in [2.24, 2.45) is 0 Å². The van der Waals surface area contributed by atoms with Crippen molar-refractivity contribution < 1.29 is 24.2 Å². The number of hydrogen-bond donors (Lipinski definition) is 2. The minimum absolute atomic E-state index is 0.0980. The van der Waals surface area contributed by atoms with Gasteiger partial charge in [-0.25, -0.2) is 4.79 Å². The number of alkyl carbamates (subject to hydrolysis) is 1. The van der Waals surface area contributed by atoms with Crippen molar-refractivity contribution in [3.05, 3.63) is 59.7 Å². The van der Waals surface area contributed by atoms with Crippen molar-refractivity contribution in [2.75, 3.05) is 19.7 Å². The fourth-order valence-electron chi connectivity index (χ4n) is 3.64. The highest BCUT2D eigenvalue weighted by atomic mass is 16.5. The highest BCUT2D eigenvalue weighted by Crippen LogP contribution is 2.44. The zero-order chi connectivity index (χ0) is 21.7. The molecule has 2 aromatic carbocycles. The van der Waals surface area contributed by atoms with Crippen LogP contribution in [0.4, 0.5) is 4.79 Å². The first-order valence-electron chi connectivity index (χ1n) is 9.48. The number of carboxylic acids is 1. The molecule has 7 heteroatoms. The van der Waals surface area contributed by atoms with Crippen molar-refractivity contribution in [3.63, 3.8) is 0 Å². The van der Waals surface area contributed by atoms with E-state index in [1.54, 1.807) is 0 Å². The normalized spacial score (nSPS) is 12.8. The van der Waals surface area contributed by atoms with Crippen LogP contribution in [0.1, 0.15) is 24.0 Å². The van der Waals surface area contributed by atoms with Crippen LogP contribution >= 0.6 is 0 Å². The van der Waals surface area contributed by atoms with Crippen LogP contribution < -0.4 is 5.32 Å². The van der Waals surface area contributed by atoms with Crippen LogP contribution in [-0.2, 0) is 14.3 Å². The average molecular weight is 406 g/mol. The predicted octanol–water partition coefficient (Wildman–Crippen LogP) is 2.46. The Bertz CT molecular complexity index is 965. The Kier molecular flexibility index (Phi) is 6.38. The summed E-state index contributed by atoms with van der Waals surface area (Å²) in [6, 6.07) is 15.0. The molecule has 154 valence electrons. The van der Waals surface area contributed by atoms with E-state index in [-0.39, 0.29) is 19.1 Å². The molecular formula is C23H22N2O5. The Hall–Kier alpha value is -3.79. The summed E-state index contributed by atoms with van der Waals surface area (Å²) in [6.07, 6.45) is 4.44. The van der Waals surface area contributed by atoms with E-state index in [0.29, 0.717) is 0 Å². The number of nitrogens with one attached hydrogen (secondary N) is 1. The molecular weight excluding hydrogens is 384 g/mol. The van der Waals surface area contributed by atoms with E-state index in [4.69, 9.17) is 16.3 Å². The molecule has 0 fully saturated rings. The van der Waals surface area contributed by atoms with E-state index in [9.17, 15) is 14.4 Å². The third kappa shape index (κ3) is 4.44. The van der Waals surface area contributed by atoms with Crippen molar-refractivity contribution in [3.8, 4) is 23.5 Å². The van der Waals surface area contributed by atoms with Gasteiger partial charge in [0.2, 0.25) is 5.91 Å². The van der Waals surface area contributed by atoms with E-state index in [0.717, 1.165) is 27.2 Å². The zero-order valence-electron chi connectivity index (χ0n) is 16.5. The van der Waals surface area contributed by atoms with Crippen LogP contribution in [0.25, 0.3) is 11.1 Å². The molecule has 0 aromatic heterocycles. The summed E-state index contributed by atoms with van der Waals surface area (Å²) in [5.41, 5.74) is 4.39. The number of amides is 2. The molecule has 0 saturated heterocycles. The fraction of sp³-hybridized carbons (Fsp3) is 0.261. The lowest BCUT2D eigenvalue weighted by Gasteiger charge is -2.23. The van der Waals surface area contributed by atoms with Crippen molar-refractivity contribution in [2.45, 2.75) is 18.9 Å². The Labute approximate surface area is 174 Å². The highest BCUT2D eigenvalue weighted by molar-refractivity contribution is 5.88. The Morgan fingerprint density at radius 2 is 1.70 bits per heavy atom. The number of rotatable bonds is 7. The van der Waals surface area contributed by atoms with Gasteiger partial charge in [-0.2, -0.15) is 0 Å². The van der Waals surface area contributed by atoms with Gasteiger partial charge in [0.15, 0.2) is 0 Å². The molecule has 2 N–H and O–H groups in total. The number of nitrogens with zero attached hydrogens (tertiary/aromatic N) is 1. The maximum absolute atomic E-state index is 12.4. The Morgan fingerprint density at radius 3 is 2.23 bits per heavy atom. The van der Waals surface area contributed by atoms with Crippen LogP contribution in [0.5, 0.6) is 0 Å². The van der Waals surface area contributed by atoms with Crippen LogP contribution in [0.3, 0.4) is 0 Å². The molecule has 0 heterocycles. The van der Waals surface area contributed by atoms with Crippen molar-refractivity contribution in [1.82, 2.24) is 10.2 Å². The molecule has 0 spiro atoms. The number of ether oxygens (including phenoxy) is 1. The van der Waals surface area contributed by atoms with Gasteiger partial charge in [-0.3, -0.25) is 9.59 Å². The Balaban J connectivity index is 1.63. The largest absolute Gasteiger partial charge is 0.480 e. The second-order valence-electron chi connectivity index (χ2n) is 6.98. The summed E-state index contributed by atoms with van der Waals surface area (Å²) >= 11 is 0. The molecule has 0 bridgehead atoms. The van der Waals surface area contributed by atoms with E-state index < -0.39 is 30.6 Å². The topological polar surface area (TPSA) is 95.9 Å². The summed E-state index contributed by atoms with van der Waals surface area (Å²) in [5, 5.41) is 11.4. The summed E-state index contributed by atoms with van der Waals surface area (Å²) in [5.74, 6) is 0.361. The second-order valence-corrected chi connectivity index (χ2v) is 6.98. The molecule has 7 nitrogen and oxygen atoms in total. The highest BCUT2D eigenvalue weighted by Gasteiger charge is 2.30. The van der Waals surface area contributed by atoms with E-state index >= 15 is 0 Å². The number of fused-ring (bicyclic) bond motifs is 3. The summed E-state index contributed by atoms with van der Waals surface area (Å²) in [7, 11) is 0.